The van der Waals surface area contributed by atoms with Gasteiger partial charge in [-0.25, -0.2) is 4.39 Å². The largest absolute Gasteiger partial charge is 0.508 e. The van der Waals surface area contributed by atoms with E-state index in [9.17, 15) is 4.39 Å². The van der Waals surface area contributed by atoms with Crippen LogP contribution in [0, 0.1) is 5.82 Å². The predicted octanol–water partition coefficient (Wildman–Crippen LogP) is 3.15. The molecule has 15 heavy (non-hydrogen) atoms. The molecule has 82 valence electrons. The Kier molecular flexibility index (Phi) is 3.36. The molecule has 1 fully saturated rings. The van der Waals surface area contributed by atoms with E-state index in [1.807, 2.05) is 0 Å². The summed E-state index contributed by atoms with van der Waals surface area (Å²) in [7, 11) is 0. The maximum Gasteiger partial charge on any atom is 0.168 e. The summed E-state index contributed by atoms with van der Waals surface area (Å²) >= 11 is 1.72. The maximum atomic E-state index is 13.3. The molecule has 1 atom stereocenters. The van der Waals surface area contributed by atoms with Crippen LogP contribution in [0.4, 0.5) is 4.39 Å². The first-order valence-electron chi connectivity index (χ1n) is 5.02. The van der Waals surface area contributed by atoms with Crippen molar-refractivity contribution >= 4 is 11.8 Å². The second-order valence-corrected chi connectivity index (χ2v) is 4.80. The van der Waals surface area contributed by atoms with Gasteiger partial charge in [-0.05, 0) is 37.1 Å². The van der Waals surface area contributed by atoms with E-state index in [2.05, 4.69) is 0 Å². The molecule has 1 heterocycles. The third kappa shape index (κ3) is 2.78. The van der Waals surface area contributed by atoms with E-state index in [0.29, 0.717) is 0 Å². The zero-order chi connectivity index (χ0) is 10.7. The molecule has 0 unspecified atom stereocenters. The number of phenolic OH excluding ortho intramolecular Hbond substituents is 1. The molecule has 1 aromatic rings. The van der Waals surface area contributed by atoms with Crippen LogP contribution in [-0.2, 0) is 0 Å². The highest BCUT2D eigenvalue weighted by Crippen LogP contribution is 2.30. The van der Waals surface area contributed by atoms with Crippen LogP contribution in [0.3, 0.4) is 0 Å². The van der Waals surface area contributed by atoms with Crippen molar-refractivity contribution in [2.75, 3.05) is 5.75 Å². The van der Waals surface area contributed by atoms with E-state index in [0.717, 1.165) is 24.7 Å². The van der Waals surface area contributed by atoms with Crippen LogP contribution in [0.2, 0.25) is 0 Å². The summed E-state index contributed by atoms with van der Waals surface area (Å²) in [5.41, 5.74) is 0.0535. The van der Waals surface area contributed by atoms with Gasteiger partial charge in [-0.3, -0.25) is 0 Å². The van der Waals surface area contributed by atoms with Crippen LogP contribution in [0.25, 0.3) is 0 Å². The lowest BCUT2D eigenvalue weighted by Gasteiger charge is -2.22. The van der Waals surface area contributed by atoms with Gasteiger partial charge in [0.25, 0.3) is 0 Å². The lowest BCUT2D eigenvalue weighted by molar-refractivity contribution is 0.255. The molecule has 0 spiro atoms. The molecule has 0 bridgehead atoms. The average molecular weight is 228 g/mol. The number of hydrogen-bond acceptors (Lipinski definition) is 3. The highest BCUT2D eigenvalue weighted by Gasteiger charge is 2.17. The fourth-order valence-electron chi connectivity index (χ4n) is 1.53. The molecule has 0 aliphatic carbocycles. The normalized spacial score (nSPS) is 21.3. The summed E-state index contributed by atoms with van der Waals surface area (Å²) in [6, 6.07) is 3.98. The van der Waals surface area contributed by atoms with Crippen molar-refractivity contribution in [2.24, 2.45) is 0 Å². The Balaban J connectivity index is 2.03. The van der Waals surface area contributed by atoms with Crippen molar-refractivity contribution < 1.29 is 14.2 Å². The summed E-state index contributed by atoms with van der Waals surface area (Å²) in [6.07, 6.45) is 3.31. The molecular formula is C11H13FO2S. The van der Waals surface area contributed by atoms with Gasteiger partial charge in [-0.2, -0.15) is 0 Å². The number of halogens is 1. The van der Waals surface area contributed by atoms with Gasteiger partial charge in [0.05, 0.1) is 0 Å². The van der Waals surface area contributed by atoms with Gasteiger partial charge in [0.2, 0.25) is 0 Å². The van der Waals surface area contributed by atoms with Gasteiger partial charge in [0.15, 0.2) is 11.6 Å². The minimum atomic E-state index is -0.499. The standard InChI is InChI=1S/C11H13FO2S/c12-9-7-8(13)4-5-10(9)14-11-3-1-2-6-15-11/h4-5,7,11,13H,1-3,6H2/t11-/m1/s1. The Bertz CT molecular complexity index is 337. The van der Waals surface area contributed by atoms with E-state index < -0.39 is 5.82 Å². The van der Waals surface area contributed by atoms with Crippen LogP contribution in [-0.4, -0.2) is 16.3 Å². The average Bonchev–Trinajstić information content (AvgIpc) is 2.24. The molecular weight excluding hydrogens is 215 g/mol. The summed E-state index contributed by atoms with van der Waals surface area (Å²) in [5.74, 6) is 0.731. The fraction of sp³-hybridized carbons (Fsp3) is 0.455. The van der Waals surface area contributed by atoms with E-state index in [-0.39, 0.29) is 16.9 Å². The first-order chi connectivity index (χ1) is 7.25. The van der Waals surface area contributed by atoms with Crippen molar-refractivity contribution in [2.45, 2.75) is 24.7 Å². The number of thioether (sulfide) groups is 1. The van der Waals surface area contributed by atoms with Crippen molar-refractivity contribution in [1.82, 2.24) is 0 Å². The summed E-state index contributed by atoms with van der Waals surface area (Å²) in [5, 5.41) is 9.04. The second-order valence-electron chi connectivity index (χ2n) is 3.53. The van der Waals surface area contributed by atoms with Crippen molar-refractivity contribution in [1.29, 1.82) is 0 Å². The highest BCUT2D eigenvalue weighted by atomic mass is 32.2. The molecule has 0 aromatic heterocycles. The van der Waals surface area contributed by atoms with Gasteiger partial charge in [-0.15, -0.1) is 11.8 Å². The maximum absolute atomic E-state index is 13.3. The van der Waals surface area contributed by atoms with Crippen LogP contribution < -0.4 is 4.74 Å². The number of rotatable bonds is 2. The number of phenols is 1. The monoisotopic (exact) mass is 228 g/mol. The fourth-order valence-corrected chi connectivity index (χ4v) is 2.67. The third-order valence-corrected chi connectivity index (χ3v) is 3.54. The number of benzene rings is 1. The first-order valence-corrected chi connectivity index (χ1v) is 6.07. The molecule has 1 saturated heterocycles. The van der Waals surface area contributed by atoms with Crippen LogP contribution >= 0.6 is 11.8 Å². The third-order valence-electron chi connectivity index (χ3n) is 2.31. The number of ether oxygens (including phenoxy) is 1. The van der Waals surface area contributed by atoms with E-state index in [4.69, 9.17) is 9.84 Å². The Labute approximate surface area is 92.4 Å². The molecule has 1 N–H and O–H groups in total. The summed E-state index contributed by atoms with van der Waals surface area (Å²) < 4.78 is 18.8. The van der Waals surface area contributed by atoms with Crippen molar-refractivity contribution in [3.63, 3.8) is 0 Å². The molecule has 2 rings (SSSR count). The number of aromatic hydroxyl groups is 1. The molecule has 4 heteroatoms. The van der Waals surface area contributed by atoms with Gasteiger partial charge >= 0.3 is 0 Å². The Hall–Kier alpha value is -0.900. The lowest BCUT2D eigenvalue weighted by Crippen LogP contribution is -2.17. The van der Waals surface area contributed by atoms with Crippen molar-refractivity contribution in [3.05, 3.63) is 24.0 Å². The van der Waals surface area contributed by atoms with E-state index in [1.165, 1.54) is 18.6 Å². The SMILES string of the molecule is Oc1ccc(O[C@H]2CCCCS2)c(F)c1. The summed E-state index contributed by atoms with van der Waals surface area (Å²) in [4.78, 5) is 0. The zero-order valence-corrected chi connectivity index (χ0v) is 9.10. The second kappa shape index (κ2) is 4.75. The molecule has 0 radical (unpaired) electrons. The Morgan fingerprint density at radius 3 is 2.93 bits per heavy atom. The minimum Gasteiger partial charge on any atom is -0.508 e. The Morgan fingerprint density at radius 2 is 2.27 bits per heavy atom. The quantitative estimate of drug-likeness (QED) is 0.843. The predicted molar refractivity (Wildman–Crippen MR) is 58.8 cm³/mol. The van der Waals surface area contributed by atoms with Crippen LogP contribution in [0.5, 0.6) is 11.5 Å². The molecule has 1 aliphatic rings. The van der Waals surface area contributed by atoms with Crippen LogP contribution in [0.15, 0.2) is 18.2 Å². The van der Waals surface area contributed by atoms with E-state index >= 15 is 0 Å². The van der Waals surface area contributed by atoms with Gasteiger partial charge in [0, 0.05) is 6.07 Å². The van der Waals surface area contributed by atoms with Gasteiger partial charge in [0.1, 0.15) is 11.2 Å². The zero-order valence-electron chi connectivity index (χ0n) is 8.28. The smallest absolute Gasteiger partial charge is 0.168 e. The van der Waals surface area contributed by atoms with Gasteiger partial charge in [-0.1, -0.05) is 0 Å². The molecule has 0 saturated carbocycles. The lowest BCUT2D eigenvalue weighted by atomic mass is 10.2. The molecule has 0 amide bonds. The highest BCUT2D eigenvalue weighted by molar-refractivity contribution is 7.99. The Morgan fingerprint density at radius 1 is 1.40 bits per heavy atom. The molecule has 1 aromatic carbocycles. The molecule has 2 nitrogen and oxygen atoms in total. The number of hydrogen-bond donors (Lipinski definition) is 1. The first kappa shape index (κ1) is 10.6. The summed E-state index contributed by atoms with van der Waals surface area (Å²) in [6.45, 7) is 0. The molecule has 1 aliphatic heterocycles. The topological polar surface area (TPSA) is 29.5 Å². The minimum absolute atomic E-state index is 0.0535. The van der Waals surface area contributed by atoms with E-state index in [1.54, 1.807) is 11.8 Å². The van der Waals surface area contributed by atoms with Gasteiger partial charge < -0.3 is 9.84 Å². The van der Waals surface area contributed by atoms with Crippen LogP contribution in [0.1, 0.15) is 19.3 Å². The van der Waals surface area contributed by atoms with Crippen molar-refractivity contribution in [3.8, 4) is 11.5 Å².